The summed E-state index contributed by atoms with van der Waals surface area (Å²) in [5.41, 5.74) is 4.83. The standard InChI is InChI=1S/C25H31N5O2/c1-2-5-22(25(31)32)23(24-27-29-30-28-24)14-17-9-11-18(12-10-17)19-6-3-7-20(15-19)21-8-4-13-26-16-21/h3,6-7,9-12,15,21-23,26H,2,4-5,8,13-14,16H2,1H3,(H,31,32)(H,27,28,29,30). The Morgan fingerprint density at radius 1 is 1.19 bits per heavy atom. The molecule has 168 valence electrons. The van der Waals surface area contributed by atoms with E-state index < -0.39 is 11.9 Å². The lowest BCUT2D eigenvalue weighted by Crippen LogP contribution is -2.28. The van der Waals surface area contributed by atoms with Crippen molar-refractivity contribution >= 4 is 5.97 Å². The van der Waals surface area contributed by atoms with Crippen molar-refractivity contribution in [3.8, 4) is 11.1 Å². The average Bonchev–Trinajstić information content (AvgIpc) is 3.37. The van der Waals surface area contributed by atoms with Crippen molar-refractivity contribution in [1.82, 2.24) is 25.9 Å². The van der Waals surface area contributed by atoms with Crippen LogP contribution in [0.1, 0.15) is 61.4 Å². The first-order chi connectivity index (χ1) is 15.7. The van der Waals surface area contributed by atoms with Crippen LogP contribution >= 0.6 is 0 Å². The van der Waals surface area contributed by atoms with Crippen LogP contribution < -0.4 is 5.32 Å². The zero-order chi connectivity index (χ0) is 22.3. The Hall–Kier alpha value is -3.06. The largest absolute Gasteiger partial charge is 0.481 e. The van der Waals surface area contributed by atoms with E-state index in [4.69, 9.17) is 0 Å². The third-order valence-corrected chi connectivity index (χ3v) is 6.49. The van der Waals surface area contributed by atoms with E-state index in [0.717, 1.165) is 25.1 Å². The number of carbonyl (C=O) groups is 1. The first-order valence-corrected chi connectivity index (χ1v) is 11.5. The number of nitrogens with one attached hydrogen (secondary N) is 2. The van der Waals surface area contributed by atoms with Gasteiger partial charge in [-0.3, -0.25) is 4.79 Å². The molecule has 0 spiro atoms. The topological polar surface area (TPSA) is 104 Å². The van der Waals surface area contributed by atoms with Crippen LogP contribution in [0.5, 0.6) is 0 Å². The van der Waals surface area contributed by atoms with Gasteiger partial charge in [-0.05, 0) is 60.4 Å². The number of nitrogens with zero attached hydrogens (tertiary/aromatic N) is 3. The number of H-pyrrole nitrogens is 1. The fraction of sp³-hybridized carbons (Fsp3) is 0.440. The summed E-state index contributed by atoms with van der Waals surface area (Å²) in [6.45, 7) is 4.15. The number of rotatable bonds is 9. The highest BCUT2D eigenvalue weighted by molar-refractivity contribution is 5.71. The van der Waals surface area contributed by atoms with Gasteiger partial charge in [0.1, 0.15) is 0 Å². The molecular weight excluding hydrogens is 402 g/mol. The van der Waals surface area contributed by atoms with Crippen LogP contribution in [0.15, 0.2) is 48.5 Å². The molecule has 0 radical (unpaired) electrons. The Bertz CT molecular complexity index is 997. The summed E-state index contributed by atoms with van der Waals surface area (Å²) in [4.78, 5) is 11.9. The maximum atomic E-state index is 11.9. The number of tetrazole rings is 1. The van der Waals surface area contributed by atoms with Gasteiger partial charge < -0.3 is 10.4 Å². The average molecular weight is 434 g/mol. The van der Waals surface area contributed by atoms with E-state index >= 15 is 0 Å². The van der Waals surface area contributed by atoms with Crippen LogP contribution in [0, 0.1) is 5.92 Å². The number of aromatic nitrogens is 4. The second-order valence-electron chi connectivity index (χ2n) is 8.68. The normalized spacial score (nSPS) is 18.2. The highest BCUT2D eigenvalue weighted by Gasteiger charge is 2.32. The van der Waals surface area contributed by atoms with Crippen molar-refractivity contribution in [2.45, 2.75) is 50.9 Å². The lowest BCUT2D eigenvalue weighted by molar-refractivity contribution is -0.142. The van der Waals surface area contributed by atoms with Gasteiger partial charge in [-0.1, -0.05) is 67.1 Å². The van der Waals surface area contributed by atoms with E-state index in [-0.39, 0.29) is 5.92 Å². The summed E-state index contributed by atoms with van der Waals surface area (Å²) in [5, 5.41) is 27.6. The molecular formula is C25H31N5O2. The van der Waals surface area contributed by atoms with Gasteiger partial charge in [0.25, 0.3) is 0 Å². The molecule has 0 saturated carbocycles. The minimum absolute atomic E-state index is 0.320. The Balaban J connectivity index is 1.53. The van der Waals surface area contributed by atoms with Crippen molar-refractivity contribution < 1.29 is 9.90 Å². The molecule has 0 amide bonds. The highest BCUT2D eigenvalue weighted by Crippen LogP contribution is 2.31. The minimum Gasteiger partial charge on any atom is -0.481 e. The molecule has 2 aromatic carbocycles. The van der Waals surface area contributed by atoms with Crippen LogP contribution in [-0.2, 0) is 11.2 Å². The molecule has 1 aliphatic heterocycles. The van der Waals surface area contributed by atoms with Crippen LogP contribution in [-0.4, -0.2) is 44.8 Å². The number of aliphatic carboxylic acids is 1. The summed E-state index contributed by atoms with van der Waals surface area (Å²) in [5.74, 6) is -0.640. The molecule has 1 saturated heterocycles. The predicted octanol–water partition coefficient (Wildman–Crippen LogP) is 4.16. The molecule has 4 rings (SSSR count). The summed E-state index contributed by atoms with van der Waals surface area (Å²) >= 11 is 0. The van der Waals surface area contributed by atoms with E-state index in [1.54, 1.807) is 0 Å². The molecule has 3 atom stereocenters. The van der Waals surface area contributed by atoms with E-state index in [2.05, 4.69) is 74.5 Å². The highest BCUT2D eigenvalue weighted by atomic mass is 16.4. The Morgan fingerprint density at radius 3 is 2.69 bits per heavy atom. The van der Waals surface area contributed by atoms with Gasteiger partial charge in [-0.25, -0.2) is 0 Å². The third-order valence-electron chi connectivity index (χ3n) is 6.49. The van der Waals surface area contributed by atoms with Gasteiger partial charge in [0.05, 0.1) is 5.92 Å². The molecule has 0 aliphatic carbocycles. The Morgan fingerprint density at radius 2 is 2.03 bits per heavy atom. The molecule has 3 N–H and O–H groups in total. The maximum Gasteiger partial charge on any atom is 0.307 e. The minimum atomic E-state index is -0.813. The molecule has 0 bridgehead atoms. The van der Waals surface area contributed by atoms with Crippen LogP contribution in [0.4, 0.5) is 0 Å². The molecule has 7 heteroatoms. The molecule has 3 aromatic rings. The van der Waals surface area contributed by atoms with Crippen molar-refractivity contribution in [3.63, 3.8) is 0 Å². The number of aromatic amines is 1. The number of piperidine rings is 1. The summed E-state index contributed by atoms with van der Waals surface area (Å²) in [6, 6.07) is 17.2. The molecule has 7 nitrogen and oxygen atoms in total. The monoisotopic (exact) mass is 433 g/mol. The lowest BCUT2D eigenvalue weighted by atomic mass is 9.83. The van der Waals surface area contributed by atoms with Crippen molar-refractivity contribution in [2.24, 2.45) is 5.92 Å². The van der Waals surface area contributed by atoms with Crippen molar-refractivity contribution in [1.29, 1.82) is 0 Å². The summed E-state index contributed by atoms with van der Waals surface area (Å²) < 4.78 is 0. The first-order valence-electron chi connectivity index (χ1n) is 11.5. The quantitative estimate of drug-likeness (QED) is 0.468. The number of carboxylic acid groups (broad SMARTS) is 1. The van der Waals surface area contributed by atoms with E-state index in [1.165, 1.54) is 29.5 Å². The number of benzene rings is 2. The Kier molecular flexibility index (Phi) is 7.27. The predicted molar refractivity (Wildman–Crippen MR) is 123 cm³/mol. The number of hydrogen-bond acceptors (Lipinski definition) is 5. The van der Waals surface area contributed by atoms with Crippen LogP contribution in [0.25, 0.3) is 11.1 Å². The fourth-order valence-electron chi connectivity index (χ4n) is 4.74. The molecule has 2 heterocycles. The number of hydrogen-bond donors (Lipinski definition) is 3. The van der Waals surface area contributed by atoms with Gasteiger partial charge in [0.2, 0.25) is 0 Å². The molecule has 32 heavy (non-hydrogen) atoms. The zero-order valence-electron chi connectivity index (χ0n) is 18.5. The van der Waals surface area contributed by atoms with E-state index in [0.29, 0.717) is 24.6 Å². The van der Waals surface area contributed by atoms with Gasteiger partial charge in [-0.2, -0.15) is 5.21 Å². The molecule has 3 unspecified atom stereocenters. The number of carboxylic acids is 1. The molecule has 1 fully saturated rings. The maximum absolute atomic E-state index is 11.9. The first kappa shape index (κ1) is 22.1. The Labute approximate surface area is 188 Å². The zero-order valence-corrected chi connectivity index (χ0v) is 18.5. The smallest absolute Gasteiger partial charge is 0.307 e. The van der Waals surface area contributed by atoms with Gasteiger partial charge in [0.15, 0.2) is 5.82 Å². The third kappa shape index (κ3) is 5.22. The molecule has 1 aliphatic rings. The second kappa shape index (κ2) is 10.5. The summed E-state index contributed by atoms with van der Waals surface area (Å²) in [6.07, 6.45) is 4.38. The summed E-state index contributed by atoms with van der Waals surface area (Å²) in [7, 11) is 0. The van der Waals surface area contributed by atoms with Crippen LogP contribution in [0.3, 0.4) is 0 Å². The molecule has 1 aromatic heterocycles. The lowest BCUT2D eigenvalue weighted by Gasteiger charge is -2.23. The second-order valence-corrected chi connectivity index (χ2v) is 8.68. The van der Waals surface area contributed by atoms with Crippen LogP contribution in [0.2, 0.25) is 0 Å². The van der Waals surface area contributed by atoms with E-state index in [1.807, 2.05) is 6.92 Å². The van der Waals surface area contributed by atoms with Crippen molar-refractivity contribution in [3.05, 3.63) is 65.5 Å². The van der Waals surface area contributed by atoms with Gasteiger partial charge in [-0.15, -0.1) is 10.2 Å². The van der Waals surface area contributed by atoms with Crippen molar-refractivity contribution in [2.75, 3.05) is 13.1 Å². The SMILES string of the molecule is CCCC(C(=O)O)C(Cc1ccc(-c2cccc(C3CCCNC3)c2)cc1)c1nn[nH]n1. The fourth-order valence-corrected chi connectivity index (χ4v) is 4.74. The van der Waals surface area contributed by atoms with Gasteiger partial charge in [0, 0.05) is 12.5 Å². The van der Waals surface area contributed by atoms with Gasteiger partial charge >= 0.3 is 5.97 Å². The van der Waals surface area contributed by atoms with E-state index in [9.17, 15) is 9.90 Å².